The Bertz CT molecular complexity index is 358. The summed E-state index contributed by atoms with van der Waals surface area (Å²) in [5.41, 5.74) is 6.10. The van der Waals surface area contributed by atoms with Crippen LogP contribution in [0.15, 0.2) is 0 Å². The molecule has 1 aromatic heterocycles. The molecule has 1 fully saturated rings. The highest BCUT2D eigenvalue weighted by Crippen LogP contribution is 2.46. The van der Waals surface area contributed by atoms with E-state index in [-0.39, 0.29) is 5.54 Å². The van der Waals surface area contributed by atoms with E-state index in [1.54, 1.807) is 18.4 Å². The maximum absolute atomic E-state index is 6.29. The number of ether oxygens (including phenoxy) is 1. The molecule has 0 unspecified atom stereocenters. The second-order valence-electron chi connectivity index (χ2n) is 4.24. The molecule has 0 atom stereocenters. The third-order valence-corrected chi connectivity index (χ3v) is 4.28. The first kappa shape index (κ1) is 10.7. The number of nitrogens with two attached hydrogens (primary N) is 1. The third kappa shape index (κ3) is 1.70. The van der Waals surface area contributed by atoms with E-state index in [4.69, 9.17) is 10.5 Å². The van der Waals surface area contributed by atoms with Crippen LogP contribution < -0.4 is 15.4 Å². The minimum Gasteiger partial charge on any atom is -0.480 e. The molecule has 0 radical (unpaired) electrons. The topological polar surface area (TPSA) is 51.4 Å². The van der Waals surface area contributed by atoms with Crippen molar-refractivity contribution in [2.75, 3.05) is 26.1 Å². The Labute approximate surface area is 94.1 Å². The number of thiazole rings is 1. The van der Waals surface area contributed by atoms with Gasteiger partial charge in [-0.15, -0.1) is 0 Å². The minimum atomic E-state index is -0.183. The lowest BCUT2D eigenvalue weighted by Crippen LogP contribution is -2.42. The molecule has 1 aliphatic rings. The zero-order chi connectivity index (χ0) is 11.1. The van der Waals surface area contributed by atoms with Gasteiger partial charge in [-0.3, -0.25) is 0 Å². The second-order valence-corrected chi connectivity index (χ2v) is 5.22. The summed E-state index contributed by atoms with van der Waals surface area (Å²) in [6.45, 7) is 0. The molecule has 0 amide bonds. The highest BCUT2D eigenvalue weighted by molar-refractivity contribution is 7.16. The van der Waals surface area contributed by atoms with Crippen molar-refractivity contribution in [2.45, 2.75) is 24.8 Å². The smallest absolute Gasteiger partial charge is 0.231 e. The first-order chi connectivity index (χ1) is 7.07. The monoisotopic (exact) mass is 227 g/mol. The maximum Gasteiger partial charge on any atom is 0.231 e. The van der Waals surface area contributed by atoms with E-state index in [0.29, 0.717) is 5.88 Å². The molecule has 2 N–H and O–H groups in total. The zero-order valence-electron chi connectivity index (χ0n) is 9.41. The summed E-state index contributed by atoms with van der Waals surface area (Å²) in [7, 11) is 5.61. The van der Waals surface area contributed by atoms with Crippen LogP contribution in [0, 0.1) is 0 Å². The quantitative estimate of drug-likeness (QED) is 0.851. The normalized spacial score (nSPS) is 18.4. The number of methoxy groups -OCH3 is 1. The summed E-state index contributed by atoms with van der Waals surface area (Å²) in [5, 5.41) is 0.957. The van der Waals surface area contributed by atoms with Crippen LogP contribution in [0.25, 0.3) is 0 Å². The highest BCUT2D eigenvalue weighted by atomic mass is 32.1. The summed E-state index contributed by atoms with van der Waals surface area (Å²) in [5.74, 6) is 0.700. The predicted octanol–water partition coefficient (Wildman–Crippen LogP) is 1.56. The number of hydrogen-bond acceptors (Lipinski definition) is 5. The Hall–Kier alpha value is -0.810. The van der Waals surface area contributed by atoms with Crippen molar-refractivity contribution < 1.29 is 4.74 Å². The summed E-state index contributed by atoms with van der Waals surface area (Å²) in [6, 6.07) is 0. The van der Waals surface area contributed by atoms with Gasteiger partial charge in [-0.2, -0.15) is 4.98 Å². The van der Waals surface area contributed by atoms with E-state index in [2.05, 4.69) is 4.98 Å². The SMILES string of the molecule is COc1nc(N(C)C)sc1C1(N)CCC1. The average molecular weight is 227 g/mol. The molecule has 4 nitrogen and oxygen atoms in total. The predicted molar refractivity (Wildman–Crippen MR) is 62.7 cm³/mol. The van der Waals surface area contributed by atoms with E-state index in [9.17, 15) is 0 Å². The Morgan fingerprint density at radius 2 is 2.13 bits per heavy atom. The molecule has 0 aliphatic heterocycles. The summed E-state index contributed by atoms with van der Waals surface area (Å²) in [6.07, 6.45) is 3.28. The Kier molecular flexibility index (Phi) is 2.60. The molecule has 0 spiro atoms. The van der Waals surface area contributed by atoms with Crippen molar-refractivity contribution in [1.29, 1.82) is 0 Å². The van der Waals surface area contributed by atoms with Gasteiger partial charge in [-0.25, -0.2) is 0 Å². The lowest BCUT2D eigenvalue weighted by Gasteiger charge is -2.37. The van der Waals surface area contributed by atoms with Crippen molar-refractivity contribution in [2.24, 2.45) is 5.73 Å². The zero-order valence-corrected chi connectivity index (χ0v) is 10.2. The first-order valence-electron chi connectivity index (χ1n) is 5.08. The Balaban J connectivity index is 2.36. The van der Waals surface area contributed by atoms with Crippen molar-refractivity contribution in [1.82, 2.24) is 4.98 Å². The van der Waals surface area contributed by atoms with Crippen LogP contribution in [-0.4, -0.2) is 26.2 Å². The van der Waals surface area contributed by atoms with Crippen molar-refractivity contribution in [3.8, 4) is 5.88 Å². The largest absolute Gasteiger partial charge is 0.480 e. The standard InChI is InChI=1S/C10H17N3OS/c1-13(2)9-12-8(14-3)7(15-9)10(11)5-4-6-10/h4-6,11H2,1-3H3. The molecule has 0 bridgehead atoms. The lowest BCUT2D eigenvalue weighted by molar-refractivity contribution is 0.248. The number of anilines is 1. The number of aromatic nitrogens is 1. The van der Waals surface area contributed by atoms with Crippen molar-refractivity contribution in [3.05, 3.63) is 4.88 Å². The lowest BCUT2D eigenvalue weighted by atomic mass is 9.77. The van der Waals surface area contributed by atoms with Crippen LogP contribution in [0.2, 0.25) is 0 Å². The fourth-order valence-corrected chi connectivity index (χ4v) is 2.84. The maximum atomic E-state index is 6.29. The van der Waals surface area contributed by atoms with Gasteiger partial charge in [0.2, 0.25) is 5.88 Å². The van der Waals surface area contributed by atoms with E-state index < -0.39 is 0 Å². The molecular formula is C10H17N3OS. The van der Waals surface area contributed by atoms with E-state index in [0.717, 1.165) is 22.9 Å². The molecule has 84 valence electrons. The third-order valence-electron chi connectivity index (χ3n) is 2.86. The van der Waals surface area contributed by atoms with Gasteiger partial charge in [0.15, 0.2) is 5.13 Å². The van der Waals surface area contributed by atoms with Crippen LogP contribution in [-0.2, 0) is 5.54 Å². The highest BCUT2D eigenvalue weighted by Gasteiger charge is 2.39. The number of rotatable bonds is 3. The van der Waals surface area contributed by atoms with Gasteiger partial charge in [-0.05, 0) is 19.3 Å². The van der Waals surface area contributed by atoms with Gasteiger partial charge in [0.1, 0.15) is 0 Å². The van der Waals surface area contributed by atoms with Gasteiger partial charge in [0, 0.05) is 14.1 Å². The van der Waals surface area contributed by atoms with Crippen molar-refractivity contribution >= 4 is 16.5 Å². The molecular weight excluding hydrogens is 210 g/mol. The van der Waals surface area contributed by atoms with Crippen molar-refractivity contribution in [3.63, 3.8) is 0 Å². The van der Waals surface area contributed by atoms with Gasteiger partial charge < -0.3 is 15.4 Å². The van der Waals surface area contributed by atoms with Gasteiger partial charge in [0.05, 0.1) is 17.5 Å². The fraction of sp³-hybridized carbons (Fsp3) is 0.700. The molecule has 1 aliphatic carbocycles. The molecule has 1 saturated carbocycles. The van der Waals surface area contributed by atoms with Crippen LogP contribution in [0.1, 0.15) is 24.1 Å². The Morgan fingerprint density at radius 1 is 1.47 bits per heavy atom. The molecule has 1 aromatic rings. The minimum absolute atomic E-state index is 0.183. The van der Waals surface area contributed by atoms with E-state index in [1.807, 2.05) is 19.0 Å². The van der Waals surface area contributed by atoms with Gasteiger partial charge in [-0.1, -0.05) is 11.3 Å². The molecule has 2 rings (SSSR count). The second kappa shape index (κ2) is 3.64. The van der Waals surface area contributed by atoms with E-state index in [1.165, 1.54) is 6.42 Å². The summed E-state index contributed by atoms with van der Waals surface area (Å²) >= 11 is 1.64. The van der Waals surface area contributed by atoms with E-state index >= 15 is 0 Å². The molecule has 0 saturated heterocycles. The number of nitrogens with zero attached hydrogens (tertiary/aromatic N) is 2. The van der Waals surface area contributed by atoms with Crippen LogP contribution in [0.4, 0.5) is 5.13 Å². The van der Waals surface area contributed by atoms with Gasteiger partial charge >= 0.3 is 0 Å². The summed E-state index contributed by atoms with van der Waals surface area (Å²) < 4.78 is 5.29. The molecule has 15 heavy (non-hydrogen) atoms. The van der Waals surface area contributed by atoms with Crippen LogP contribution in [0.3, 0.4) is 0 Å². The Morgan fingerprint density at radius 3 is 2.53 bits per heavy atom. The molecule has 5 heteroatoms. The van der Waals surface area contributed by atoms with Crippen LogP contribution >= 0.6 is 11.3 Å². The number of hydrogen-bond donors (Lipinski definition) is 1. The average Bonchev–Trinajstić information content (AvgIpc) is 2.58. The molecule has 1 heterocycles. The van der Waals surface area contributed by atoms with Gasteiger partial charge in [0.25, 0.3) is 0 Å². The fourth-order valence-electron chi connectivity index (χ4n) is 1.72. The summed E-state index contributed by atoms with van der Waals surface area (Å²) in [4.78, 5) is 7.50. The molecule has 0 aromatic carbocycles. The van der Waals surface area contributed by atoms with Crippen LogP contribution in [0.5, 0.6) is 5.88 Å². The first-order valence-corrected chi connectivity index (χ1v) is 5.90.